The molecule has 0 aliphatic heterocycles. The van der Waals surface area contributed by atoms with Crippen molar-refractivity contribution in [3.05, 3.63) is 100 Å². The SMILES string of the molecule is N#C/C(=C\c1ccc(OCC(=O)NCc2ccccc2)cc1)C(=O)Nc1cccc(Br)c1. The van der Waals surface area contributed by atoms with Crippen LogP contribution in [-0.4, -0.2) is 18.4 Å². The zero-order valence-corrected chi connectivity index (χ0v) is 18.6. The summed E-state index contributed by atoms with van der Waals surface area (Å²) in [6.07, 6.45) is 1.49. The summed E-state index contributed by atoms with van der Waals surface area (Å²) in [6.45, 7) is 0.326. The Morgan fingerprint density at radius 1 is 1.00 bits per heavy atom. The summed E-state index contributed by atoms with van der Waals surface area (Å²) < 4.78 is 6.32. The fourth-order valence-electron chi connectivity index (χ4n) is 2.74. The highest BCUT2D eigenvalue weighted by molar-refractivity contribution is 9.10. The van der Waals surface area contributed by atoms with Gasteiger partial charge in [-0.1, -0.05) is 64.5 Å². The Morgan fingerprint density at radius 3 is 2.44 bits per heavy atom. The minimum Gasteiger partial charge on any atom is -0.484 e. The topological polar surface area (TPSA) is 91.2 Å². The molecule has 2 amide bonds. The molecule has 2 N–H and O–H groups in total. The lowest BCUT2D eigenvalue weighted by atomic mass is 10.1. The van der Waals surface area contributed by atoms with Crippen molar-refractivity contribution in [2.75, 3.05) is 11.9 Å². The number of hydrogen-bond acceptors (Lipinski definition) is 4. The summed E-state index contributed by atoms with van der Waals surface area (Å²) >= 11 is 3.34. The third-order valence-electron chi connectivity index (χ3n) is 4.34. The van der Waals surface area contributed by atoms with Gasteiger partial charge in [0.05, 0.1) is 0 Å². The van der Waals surface area contributed by atoms with Gasteiger partial charge in [0, 0.05) is 16.7 Å². The van der Waals surface area contributed by atoms with Crippen molar-refractivity contribution in [2.24, 2.45) is 0 Å². The van der Waals surface area contributed by atoms with E-state index in [0.29, 0.717) is 23.5 Å². The molecule has 3 rings (SSSR count). The van der Waals surface area contributed by atoms with Crippen LogP contribution in [0.1, 0.15) is 11.1 Å². The molecule has 0 radical (unpaired) electrons. The average molecular weight is 490 g/mol. The molecule has 3 aromatic rings. The molecule has 3 aromatic carbocycles. The van der Waals surface area contributed by atoms with E-state index >= 15 is 0 Å². The fourth-order valence-corrected chi connectivity index (χ4v) is 3.14. The van der Waals surface area contributed by atoms with E-state index in [9.17, 15) is 14.9 Å². The van der Waals surface area contributed by atoms with E-state index in [0.717, 1.165) is 10.0 Å². The van der Waals surface area contributed by atoms with Gasteiger partial charge in [0.1, 0.15) is 17.4 Å². The first-order valence-corrected chi connectivity index (χ1v) is 10.5. The standard InChI is InChI=1S/C25H20BrN3O3/c26-21-7-4-8-22(14-21)29-25(31)20(15-27)13-18-9-11-23(12-10-18)32-17-24(30)28-16-19-5-2-1-3-6-19/h1-14H,16-17H2,(H,28,30)(H,29,31)/b20-13+. The number of hydrogen-bond donors (Lipinski definition) is 2. The summed E-state index contributed by atoms with van der Waals surface area (Å²) in [5, 5.41) is 14.9. The highest BCUT2D eigenvalue weighted by Gasteiger charge is 2.10. The monoisotopic (exact) mass is 489 g/mol. The number of amides is 2. The van der Waals surface area contributed by atoms with Crippen LogP contribution in [0.2, 0.25) is 0 Å². The summed E-state index contributed by atoms with van der Waals surface area (Å²) in [5.74, 6) is -0.219. The lowest BCUT2D eigenvalue weighted by molar-refractivity contribution is -0.123. The number of carbonyl (C=O) groups is 2. The van der Waals surface area contributed by atoms with Crippen LogP contribution in [0.15, 0.2) is 88.9 Å². The van der Waals surface area contributed by atoms with Crippen LogP contribution in [0.3, 0.4) is 0 Å². The molecule has 0 heterocycles. The van der Waals surface area contributed by atoms with Gasteiger partial charge in [0.15, 0.2) is 6.61 Å². The summed E-state index contributed by atoms with van der Waals surface area (Å²) in [5.41, 5.74) is 2.22. The average Bonchev–Trinajstić information content (AvgIpc) is 2.81. The molecule has 32 heavy (non-hydrogen) atoms. The Labute approximate surface area is 194 Å². The predicted octanol–water partition coefficient (Wildman–Crippen LogP) is 4.69. The molecule has 160 valence electrons. The van der Waals surface area contributed by atoms with Crippen LogP contribution in [0.5, 0.6) is 5.75 Å². The second kappa shape index (κ2) is 11.5. The Kier molecular flexibility index (Phi) is 8.18. The first-order valence-electron chi connectivity index (χ1n) is 9.76. The number of benzene rings is 3. The molecule has 0 saturated carbocycles. The number of rotatable bonds is 8. The Bertz CT molecular complexity index is 1150. The van der Waals surface area contributed by atoms with Gasteiger partial charge in [-0.2, -0.15) is 5.26 Å². The number of anilines is 1. The van der Waals surface area contributed by atoms with Crippen molar-refractivity contribution in [2.45, 2.75) is 6.54 Å². The molecule has 0 aliphatic rings. The van der Waals surface area contributed by atoms with Crippen LogP contribution >= 0.6 is 15.9 Å². The van der Waals surface area contributed by atoms with Gasteiger partial charge in [-0.15, -0.1) is 0 Å². The maximum absolute atomic E-state index is 12.4. The molecule has 0 spiro atoms. The molecule has 6 nitrogen and oxygen atoms in total. The van der Waals surface area contributed by atoms with E-state index in [4.69, 9.17) is 4.74 Å². The van der Waals surface area contributed by atoms with E-state index in [-0.39, 0.29) is 18.1 Å². The molecular formula is C25H20BrN3O3. The molecule has 0 unspecified atom stereocenters. The summed E-state index contributed by atoms with van der Waals surface area (Å²) in [4.78, 5) is 24.3. The first kappa shape index (κ1) is 22.8. The van der Waals surface area contributed by atoms with Gasteiger partial charge in [-0.05, 0) is 47.5 Å². The van der Waals surface area contributed by atoms with Gasteiger partial charge in [0.25, 0.3) is 11.8 Å². The molecule has 7 heteroatoms. The zero-order valence-electron chi connectivity index (χ0n) is 17.0. The number of ether oxygens (including phenoxy) is 1. The molecule has 0 fully saturated rings. The number of nitrogens with zero attached hydrogens (tertiary/aromatic N) is 1. The Balaban J connectivity index is 1.53. The highest BCUT2D eigenvalue weighted by Crippen LogP contribution is 2.18. The summed E-state index contributed by atoms with van der Waals surface area (Å²) in [7, 11) is 0. The highest BCUT2D eigenvalue weighted by atomic mass is 79.9. The van der Waals surface area contributed by atoms with E-state index < -0.39 is 5.91 Å². The van der Waals surface area contributed by atoms with Gasteiger partial charge in [0.2, 0.25) is 0 Å². The molecule has 0 aromatic heterocycles. The van der Waals surface area contributed by atoms with E-state index in [1.807, 2.05) is 42.5 Å². The second-order valence-electron chi connectivity index (χ2n) is 6.75. The van der Waals surface area contributed by atoms with E-state index in [1.54, 1.807) is 42.5 Å². The molecule has 0 bridgehead atoms. The maximum Gasteiger partial charge on any atom is 0.266 e. The number of nitrogens with one attached hydrogen (secondary N) is 2. The van der Waals surface area contributed by atoms with Gasteiger partial charge in [-0.25, -0.2) is 0 Å². The van der Waals surface area contributed by atoms with E-state index in [1.165, 1.54) is 6.08 Å². The van der Waals surface area contributed by atoms with Crippen molar-refractivity contribution >= 4 is 39.5 Å². The number of halogens is 1. The van der Waals surface area contributed by atoms with Crippen LogP contribution in [-0.2, 0) is 16.1 Å². The van der Waals surface area contributed by atoms with Crippen molar-refractivity contribution in [1.29, 1.82) is 5.26 Å². The number of carbonyl (C=O) groups excluding carboxylic acids is 2. The van der Waals surface area contributed by atoms with Crippen molar-refractivity contribution < 1.29 is 14.3 Å². The minimum atomic E-state index is -0.499. The van der Waals surface area contributed by atoms with Crippen molar-refractivity contribution in [1.82, 2.24) is 5.32 Å². The molecule has 0 atom stereocenters. The van der Waals surface area contributed by atoms with Gasteiger partial charge >= 0.3 is 0 Å². The molecular weight excluding hydrogens is 470 g/mol. The normalized spacial score (nSPS) is 10.7. The summed E-state index contributed by atoms with van der Waals surface area (Å²) in [6, 6.07) is 25.4. The van der Waals surface area contributed by atoms with Crippen LogP contribution in [0.4, 0.5) is 5.69 Å². The van der Waals surface area contributed by atoms with Crippen molar-refractivity contribution in [3.63, 3.8) is 0 Å². The van der Waals surface area contributed by atoms with Gasteiger partial charge < -0.3 is 15.4 Å². The largest absolute Gasteiger partial charge is 0.484 e. The smallest absolute Gasteiger partial charge is 0.266 e. The quantitative estimate of drug-likeness (QED) is 0.354. The van der Waals surface area contributed by atoms with Crippen LogP contribution in [0, 0.1) is 11.3 Å². The molecule has 0 aliphatic carbocycles. The fraction of sp³-hybridized carbons (Fsp3) is 0.0800. The third kappa shape index (κ3) is 7.11. The second-order valence-corrected chi connectivity index (χ2v) is 7.67. The van der Waals surface area contributed by atoms with Crippen LogP contribution in [0.25, 0.3) is 6.08 Å². The van der Waals surface area contributed by atoms with Crippen molar-refractivity contribution in [3.8, 4) is 11.8 Å². The Hall–Kier alpha value is -3.89. The van der Waals surface area contributed by atoms with Gasteiger partial charge in [-0.3, -0.25) is 9.59 Å². The van der Waals surface area contributed by atoms with E-state index in [2.05, 4.69) is 26.6 Å². The lowest BCUT2D eigenvalue weighted by Gasteiger charge is -2.08. The first-order chi connectivity index (χ1) is 15.5. The predicted molar refractivity (Wildman–Crippen MR) is 127 cm³/mol. The molecule has 0 saturated heterocycles. The zero-order chi connectivity index (χ0) is 22.8. The maximum atomic E-state index is 12.4. The lowest BCUT2D eigenvalue weighted by Crippen LogP contribution is -2.28. The minimum absolute atomic E-state index is 0.0288. The Morgan fingerprint density at radius 2 is 1.75 bits per heavy atom. The van der Waals surface area contributed by atoms with Crippen LogP contribution < -0.4 is 15.4 Å². The third-order valence-corrected chi connectivity index (χ3v) is 4.83. The number of nitriles is 1.